The first kappa shape index (κ1) is 16.9. The number of carbonyl (C=O) groups excluding carboxylic acids is 1. The maximum Gasteiger partial charge on any atom is 0.309 e. The van der Waals surface area contributed by atoms with E-state index in [4.69, 9.17) is 5.11 Å². The van der Waals surface area contributed by atoms with Gasteiger partial charge in [0.25, 0.3) is 5.91 Å². The lowest BCUT2D eigenvalue weighted by Crippen LogP contribution is -2.32. The van der Waals surface area contributed by atoms with Gasteiger partial charge in [0.15, 0.2) is 5.65 Å². The number of pyridine rings is 1. The second kappa shape index (κ2) is 6.36. The summed E-state index contributed by atoms with van der Waals surface area (Å²) in [4.78, 5) is 27.5. The highest BCUT2D eigenvalue weighted by molar-refractivity contribution is 5.96. The maximum absolute atomic E-state index is 12.2. The van der Waals surface area contributed by atoms with E-state index in [9.17, 15) is 9.59 Å². The number of nitrogens with one attached hydrogen (secondary N) is 1. The number of carbonyl (C=O) groups is 2. The second-order valence-corrected chi connectivity index (χ2v) is 6.51. The lowest BCUT2D eigenvalue weighted by Gasteiger charge is -2.18. The summed E-state index contributed by atoms with van der Waals surface area (Å²) >= 11 is 0. The smallest absolute Gasteiger partial charge is 0.309 e. The van der Waals surface area contributed by atoms with Gasteiger partial charge in [0.05, 0.1) is 17.2 Å². The Balaban J connectivity index is 2.06. The highest BCUT2D eigenvalue weighted by Crippen LogP contribution is 2.20. The number of carboxylic acids is 1. The van der Waals surface area contributed by atoms with E-state index in [-0.39, 0.29) is 11.9 Å². The molecule has 0 spiro atoms. The molecule has 2 aromatic rings. The Hall–Kier alpha value is -2.44. The molecular formula is C16H22N4O3. The number of aliphatic carboxylic acids is 1. The largest absolute Gasteiger partial charge is 0.481 e. The molecule has 0 fully saturated rings. The molecule has 0 radical (unpaired) electrons. The Labute approximate surface area is 134 Å². The Morgan fingerprint density at radius 2 is 2.04 bits per heavy atom. The van der Waals surface area contributed by atoms with Gasteiger partial charge in [-0.3, -0.25) is 9.59 Å². The van der Waals surface area contributed by atoms with Crippen molar-refractivity contribution in [2.75, 3.05) is 6.54 Å². The molecule has 0 bridgehead atoms. The van der Waals surface area contributed by atoms with E-state index in [1.165, 1.54) is 6.20 Å². The average molecular weight is 318 g/mol. The third-order valence-electron chi connectivity index (χ3n) is 3.80. The van der Waals surface area contributed by atoms with Gasteiger partial charge < -0.3 is 10.4 Å². The summed E-state index contributed by atoms with van der Waals surface area (Å²) in [5, 5.41) is 16.9. The minimum Gasteiger partial charge on any atom is -0.481 e. The maximum atomic E-state index is 12.2. The SMILES string of the molecule is CC(C)n1ncc2cc(C(=O)NCCC(C)(C)C(=O)O)cnc21. The van der Waals surface area contributed by atoms with E-state index in [1.807, 2.05) is 13.8 Å². The first-order valence-electron chi connectivity index (χ1n) is 7.57. The lowest BCUT2D eigenvalue weighted by molar-refractivity contribution is -0.147. The van der Waals surface area contributed by atoms with Gasteiger partial charge in [0, 0.05) is 24.2 Å². The third-order valence-corrected chi connectivity index (χ3v) is 3.80. The number of hydrogen-bond donors (Lipinski definition) is 2. The average Bonchev–Trinajstić information content (AvgIpc) is 2.89. The Bertz CT molecular complexity index is 734. The van der Waals surface area contributed by atoms with Crippen molar-refractivity contribution in [1.29, 1.82) is 0 Å². The van der Waals surface area contributed by atoms with Crippen molar-refractivity contribution in [3.05, 3.63) is 24.0 Å². The van der Waals surface area contributed by atoms with Crippen LogP contribution in [0, 0.1) is 5.41 Å². The summed E-state index contributed by atoms with van der Waals surface area (Å²) in [6, 6.07) is 1.93. The first-order valence-corrected chi connectivity index (χ1v) is 7.57. The topological polar surface area (TPSA) is 97.1 Å². The number of hydrogen-bond acceptors (Lipinski definition) is 4. The van der Waals surface area contributed by atoms with Gasteiger partial charge in [-0.15, -0.1) is 0 Å². The molecule has 124 valence electrons. The van der Waals surface area contributed by atoms with Crippen LogP contribution in [0.2, 0.25) is 0 Å². The number of rotatable bonds is 6. The quantitative estimate of drug-likeness (QED) is 0.851. The highest BCUT2D eigenvalue weighted by atomic mass is 16.4. The summed E-state index contributed by atoms with van der Waals surface area (Å²) in [7, 11) is 0. The van der Waals surface area contributed by atoms with E-state index in [0.29, 0.717) is 18.5 Å². The van der Waals surface area contributed by atoms with Gasteiger partial charge in [-0.1, -0.05) is 0 Å². The summed E-state index contributed by atoms with van der Waals surface area (Å²) in [5.41, 5.74) is 0.311. The van der Waals surface area contributed by atoms with Gasteiger partial charge in [-0.25, -0.2) is 9.67 Å². The Morgan fingerprint density at radius 3 is 2.65 bits per heavy atom. The van der Waals surface area contributed by atoms with Crippen molar-refractivity contribution in [3.63, 3.8) is 0 Å². The van der Waals surface area contributed by atoms with Crippen LogP contribution in [-0.4, -0.2) is 38.3 Å². The molecule has 2 heterocycles. The molecule has 0 saturated heterocycles. The summed E-state index contributed by atoms with van der Waals surface area (Å²) < 4.78 is 1.80. The molecule has 23 heavy (non-hydrogen) atoms. The zero-order valence-electron chi connectivity index (χ0n) is 13.8. The molecule has 2 N–H and O–H groups in total. The Morgan fingerprint density at radius 1 is 1.35 bits per heavy atom. The molecule has 2 rings (SSSR count). The fourth-order valence-corrected chi connectivity index (χ4v) is 2.14. The molecule has 0 unspecified atom stereocenters. The fourth-order valence-electron chi connectivity index (χ4n) is 2.14. The van der Waals surface area contributed by atoms with Crippen molar-refractivity contribution in [2.24, 2.45) is 5.41 Å². The van der Waals surface area contributed by atoms with E-state index in [2.05, 4.69) is 15.4 Å². The number of carboxylic acid groups (broad SMARTS) is 1. The summed E-state index contributed by atoms with van der Waals surface area (Å²) in [6.45, 7) is 7.59. The number of amides is 1. The minimum atomic E-state index is -0.879. The first-order chi connectivity index (χ1) is 10.7. The van der Waals surface area contributed by atoms with E-state index in [1.54, 1.807) is 30.8 Å². The highest BCUT2D eigenvalue weighted by Gasteiger charge is 2.26. The molecule has 0 aliphatic carbocycles. The molecule has 7 heteroatoms. The fraction of sp³-hybridized carbons (Fsp3) is 0.500. The normalized spacial score (nSPS) is 11.9. The predicted molar refractivity (Wildman–Crippen MR) is 86.3 cm³/mol. The monoisotopic (exact) mass is 318 g/mol. The van der Waals surface area contributed by atoms with Crippen LogP contribution in [0.1, 0.15) is 50.5 Å². The lowest BCUT2D eigenvalue weighted by atomic mass is 9.90. The molecule has 7 nitrogen and oxygen atoms in total. The number of aromatic nitrogens is 3. The van der Waals surface area contributed by atoms with Crippen LogP contribution < -0.4 is 5.32 Å². The van der Waals surface area contributed by atoms with Crippen LogP contribution in [0.4, 0.5) is 0 Å². The second-order valence-electron chi connectivity index (χ2n) is 6.51. The zero-order valence-corrected chi connectivity index (χ0v) is 13.8. The summed E-state index contributed by atoms with van der Waals surface area (Å²) in [6.07, 6.45) is 3.56. The van der Waals surface area contributed by atoms with Crippen LogP contribution in [0.25, 0.3) is 11.0 Å². The third kappa shape index (κ3) is 3.67. The van der Waals surface area contributed by atoms with Gasteiger partial charge in [-0.05, 0) is 40.2 Å². The van der Waals surface area contributed by atoms with Crippen LogP contribution in [0.3, 0.4) is 0 Å². The Kier molecular flexibility index (Phi) is 4.68. The van der Waals surface area contributed by atoms with E-state index in [0.717, 1.165) is 11.0 Å². The van der Waals surface area contributed by atoms with E-state index >= 15 is 0 Å². The van der Waals surface area contributed by atoms with Crippen LogP contribution in [0.15, 0.2) is 18.5 Å². The molecule has 0 atom stereocenters. The molecule has 1 amide bonds. The molecule has 0 aliphatic rings. The van der Waals surface area contributed by atoms with Crippen molar-refractivity contribution in [1.82, 2.24) is 20.1 Å². The van der Waals surface area contributed by atoms with Gasteiger partial charge in [0.2, 0.25) is 0 Å². The predicted octanol–water partition coefficient (Wildman–Crippen LogP) is 2.24. The summed E-state index contributed by atoms with van der Waals surface area (Å²) in [5.74, 6) is -1.14. The van der Waals surface area contributed by atoms with Gasteiger partial charge in [-0.2, -0.15) is 5.10 Å². The van der Waals surface area contributed by atoms with Crippen LogP contribution in [0.5, 0.6) is 0 Å². The standard InChI is InChI=1S/C16H22N4O3/c1-10(2)20-13-11(9-19-20)7-12(8-18-13)14(21)17-6-5-16(3,4)15(22)23/h7-10H,5-6H2,1-4H3,(H,17,21)(H,22,23). The van der Waals surface area contributed by atoms with Crippen LogP contribution in [-0.2, 0) is 4.79 Å². The zero-order chi connectivity index (χ0) is 17.2. The van der Waals surface area contributed by atoms with E-state index < -0.39 is 11.4 Å². The van der Waals surface area contributed by atoms with Gasteiger partial charge >= 0.3 is 5.97 Å². The molecular weight excluding hydrogens is 296 g/mol. The molecule has 2 aromatic heterocycles. The number of fused-ring (bicyclic) bond motifs is 1. The molecule has 0 aromatic carbocycles. The molecule has 0 aliphatic heterocycles. The van der Waals surface area contributed by atoms with Crippen LogP contribution >= 0.6 is 0 Å². The van der Waals surface area contributed by atoms with Crippen molar-refractivity contribution >= 4 is 22.9 Å². The van der Waals surface area contributed by atoms with Crippen molar-refractivity contribution in [2.45, 2.75) is 40.2 Å². The number of nitrogens with zero attached hydrogens (tertiary/aromatic N) is 3. The molecule has 0 saturated carbocycles. The van der Waals surface area contributed by atoms with Gasteiger partial charge in [0.1, 0.15) is 0 Å². The van der Waals surface area contributed by atoms with Crippen molar-refractivity contribution in [3.8, 4) is 0 Å². The van der Waals surface area contributed by atoms with Crippen molar-refractivity contribution < 1.29 is 14.7 Å². The minimum absolute atomic E-state index is 0.193.